The molecule has 18 heavy (non-hydrogen) atoms. The topological polar surface area (TPSA) is 26.0 Å². The van der Waals surface area contributed by atoms with Crippen molar-refractivity contribution in [2.75, 3.05) is 5.73 Å². The molecule has 0 radical (unpaired) electrons. The van der Waals surface area contributed by atoms with E-state index in [-0.39, 0.29) is 0 Å². The molecule has 2 heteroatoms. The minimum Gasteiger partial charge on any atom is -0.396 e. The normalized spacial score (nSPS) is 11.4. The number of nitrogen functional groups attached to an aromatic ring is 1. The van der Waals surface area contributed by atoms with Crippen molar-refractivity contribution in [3.8, 4) is 0 Å². The van der Waals surface area contributed by atoms with Crippen molar-refractivity contribution in [3.63, 3.8) is 0 Å². The Bertz CT molecular complexity index is 293. The first-order valence-electron chi connectivity index (χ1n) is 7.76. The molecule has 0 aromatic carbocycles. The third-order valence-electron chi connectivity index (χ3n) is 3.67. The van der Waals surface area contributed by atoms with Gasteiger partial charge in [-0.15, -0.1) is 8.19 Å². The van der Waals surface area contributed by atoms with Crippen LogP contribution in [0.1, 0.15) is 76.7 Å². The van der Waals surface area contributed by atoms with Crippen LogP contribution >= 0.6 is 8.19 Å². The summed E-state index contributed by atoms with van der Waals surface area (Å²) in [4.78, 5) is 0. The summed E-state index contributed by atoms with van der Waals surface area (Å²) < 4.78 is 0. The van der Waals surface area contributed by atoms with Gasteiger partial charge in [0.2, 0.25) is 0 Å². The number of hydrogen-bond acceptors (Lipinski definition) is 1. The largest absolute Gasteiger partial charge is 0.396 e. The van der Waals surface area contributed by atoms with Crippen LogP contribution < -0.4 is 5.73 Å². The van der Waals surface area contributed by atoms with Crippen molar-refractivity contribution in [2.45, 2.75) is 77.6 Å². The molecule has 0 spiro atoms. The van der Waals surface area contributed by atoms with E-state index in [9.17, 15) is 0 Å². The van der Waals surface area contributed by atoms with Gasteiger partial charge in [-0.25, -0.2) is 0 Å². The molecule has 1 unspecified atom stereocenters. The van der Waals surface area contributed by atoms with Crippen molar-refractivity contribution >= 4 is 13.6 Å². The third kappa shape index (κ3) is 7.11. The second-order valence-electron chi connectivity index (χ2n) is 5.35. The maximum atomic E-state index is 5.93. The predicted octanol–water partition coefficient (Wildman–Crippen LogP) is 5.76. The van der Waals surface area contributed by atoms with Gasteiger partial charge in [0.15, 0.2) is 0 Å². The molecule has 0 saturated heterocycles. The van der Waals surface area contributed by atoms with Crippen LogP contribution in [0.5, 0.6) is 0 Å². The summed E-state index contributed by atoms with van der Waals surface area (Å²) in [5.41, 5.74) is 8.47. The quantitative estimate of drug-likeness (QED) is 0.506. The zero-order chi connectivity index (χ0) is 13.1. The number of anilines is 1. The van der Waals surface area contributed by atoms with Crippen LogP contribution in [-0.2, 0) is 6.42 Å². The number of hydrogen-bond donors (Lipinski definition) is 1. The lowest BCUT2D eigenvalue weighted by Gasteiger charge is -2.02. The van der Waals surface area contributed by atoms with Crippen molar-refractivity contribution in [1.82, 2.24) is 0 Å². The van der Waals surface area contributed by atoms with Crippen LogP contribution in [0.15, 0.2) is 11.9 Å². The monoisotopic (exact) mass is 267 g/mol. The highest BCUT2D eigenvalue weighted by molar-refractivity contribution is 7.33. The zero-order valence-corrected chi connectivity index (χ0v) is 13.0. The average molecular weight is 267 g/mol. The first kappa shape index (κ1) is 15.6. The van der Waals surface area contributed by atoms with Gasteiger partial charge >= 0.3 is 0 Å². The molecule has 1 aromatic heterocycles. The Morgan fingerprint density at radius 1 is 0.889 bits per heavy atom. The Morgan fingerprint density at radius 3 is 1.94 bits per heavy atom. The first-order valence-corrected chi connectivity index (χ1v) is 8.84. The van der Waals surface area contributed by atoms with Crippen molar-refractivity contribution in [1.29, 1.82) is 0 Å². The van der Waals surface area contributed by atoms with E-state index in [0.717, 1.165) is 13.6 Å². The van der Waals surface area contributed by atoms with Gasteiger partial charge in [-0.3, -0.25) is 0 Å². The molecule has 1 atom stereocenters. The van der Waals surface area contributed by atoms with Crippen LogP contribution in [0.4, 0.5) is 5.42 Å². The van der Waals surface area contributed by atoms with Crippen molar-refractivity contribution < 1.29 is 0 Å². The van der Waals surface area contributed by atoms with Gasteiger partial charge in [-0.1, -0.05) is 70.8 Å². The molecule has 0 amide bonds. The molecule has 1 heterocycles. The smallest absolute Gasteiger partial charge is 0.0510 e. The molecule has 1 aromatic rings. The molecule has 0 fully saturated rings. The Morgan fingerprint density at radius 2 is 1.44 bits per heavy atom. The molecule has 0 bridgehead atoms. The Labute approximate surface area is 115 Å². The number of rotatable bonds is 11. The van der Waals surface area contributed by atoms with E-state index in [1.54, 1.807) is 0 Å². The van der Waals surface area contributed by atoms with Crippen molar-refractivity contribution in [2.24, 2.45) is 0 Å². The standard InChI is InChI=1S/C16H30NP/c1-2-3-4-5-6-7-8-9-10-11-12-15-13-14-18-16(15)17/h13-14,18H,2-12,17H2,1H3. The van der Waals surface area contributed by atoms with Gasteiger partial charge in [-0.05, 0) is 24.2 Å². The van der Waals surface area contributed by atoms with E-state index >= 15 is 0 Å². The summed E-state index contributed by atoms with van der Waals surface area (Å²) in [5.74, 6) is 2.21. The second-order valence-corrected chi connectivity index (χ2v) is 6.51. The summed E-state index contributed by atoms with van der Waals surface area (Å²) in [6, 6.07) is 2.22. The molecule has 0 aliphatic heterocycles. The Kier molecular flexibility index (Phi) is 9.12. The van der Waals surface area contributed by atoms with Gasteiger partial charge in [0.1, 0.15) is 0 Å². The maximum Gasteiger partial charge on any atom is 0.0510 e. The summed E-state index contributed by atoms with van der Waals surface area (Å²) >= 11 is 0. The SMILES string of the molecule is CCCCCCCCCCCCc1cc[pH]c1N. The van der Waals surface area contributed by atoms with E-state index in [0.29, 0.717) is 0 Å². The van der Waals surface area contributed by atoms with Gasteiger partial charge in [0.25, 0.3) is 0 Å². The van der Waals surface area contributed by atoms with Crippen LogP contribution in [0.2, 0.25) is 0 Å². The highest BCUT2D eigenvalue weighted by Crippen LogP contribution is 2.25. The van der Waals surface area contributed by atoms with E-state index < -0.39 is 0 Å². The van der Waals surface area contributed by atoms with E-state index in [2.05, 4.69) is 18.8 Å². The highest BCUT2D eigenvalue weighted by Gasteiger charge is 1.98. The molecular formula is C16H30NP. The molecule has 0 saturated carbocycles. The average Bonchev–Trinajstić information content (AvgIpc) is 2.77. The highest BCUT2D eigenvalue weighted by atomic mass is 31.0. The molecule has 1 rings (SSSR count). The Balaban J connectivity index is 1.83. The van der Waals surface area contributed by atoms with E-state index in [4.69, 9.17) is 5.73 Å². The molecule has 0 aliphatic rings. The molecule has 1 nitrogen and oxygen atoms in total. The minimum atomic E-state index is 0.751. The predicted molar refractivity (Wildman–Crippen MR) is 85.9 cm³/mol. The fourth-order valence-corrected chi connectivity index (χ4v) is 3.29. The van der Waals surface area contributed by atoms with Gasteiger partial charge in [-0.2, -0.15) is 0 Å². The number of nitrogens with two attached hydrogens (primary N) is 1. The summed E-state index contributed by atoms with van der Waals surface area (Å²) in [6.07, 6.45) is 15.3. The number of aryl methyl sites for hydroxylation is 1. The summed E-state index contributed by atoms with van der Waals surface area (Å²) in [7, 11) is 0.751. The van der Waals surface area contributed by atoms with E-state index in [1.165, 1.54) is 76.2 Å². The lowest BCUT2D eigenvalue weighted by Crippen LogP contribution is -1.89. The zero-order valence-electron chi connectivity index (χ0n) is 12.0. The lowest BCUT2D eigenvalue weighted by atomic mass is 10.0. The van der Waals surface area contributed by atoms with Gasteiger partial charge in [0.05, 0.1) is 5.42 Å². The molecule has 104 valence electrons. The maximum absolute atomic E-state index is 5.93. The van der Waals surface area contributed by atoms with Gasteiger partial charge < -0.3 is 5.73 Å². The second kappa shape index (κ2) is 10.5. The van der Waals surface area contributed by atoms with E-state index in [1.807, 2.05) is 0 Å². The first-order chi connectivity index (χ1) is 8.84. The van der Waals surface area contributed by atoms with Crippen LogP contribution in [0, 0.1) is 0 Å². The van der Waals surface area contributed by atoms with Crippen LogP contribution in [-0.4, -0.2) is 0 Å². The summed E-state index contributed by atoms with van der Waals surface area (Å²) in [5, 5.41) is 0. The van der Waals surface area contributed by atoms with Crippen LogP contribution in [0.3, 0.4) is 0 Å². The summed E-state index contributed by atoms with van der Waals surface area (Å²) in [6.45, 7) is 2.28. The van der Waals surface area contributed by atoms with Gasteiger partial charge in [0, 0.05) is 0 Å². The molecular weight excluding hydrogens is 237 g/mol. The number of unbranched alkanes of at least 4 members (excludes halogenated alkanes) is 9. The molecule has 0 aliphatic carbocycles. The van der Waals surface area contributed by atoms with Crippen molar-refractivity contribution in [3.05, 3.63) is 17.4 Å². The van der Waals surface area contributed by atoms with Crippen LogP contribution in [0.25, 0.3) is 0 Å². The third-order valence-corrected chi connectivity index (χ3v) is 4.63. The minimum absolute atomic E-state index is 0.751. The fraction of sp³-hybridized carbons (Fsp3) is 0.750. The fourth-order valence-electron chi connectivity index (χ4n) is 2.44. The molecule has 2 N–H and O–H groups in total. The lowest BCUT2D eigenvalue weighted by molar-refractivity contribution is 0.556. The Hall–Kier alpha value is -0.420.